The number of carboxylic acids is 1. The van der Waals surface area contributed by atoms with Crippen molar-refractivity contribution in [2.45, 2.75) is 13.8 Å². The third-order valence-electron chi connectivity index (χ3n) is 3.40. The zero-order valence-corrected chi connectivity index (χ0v) is 12.5. The molecular weight excluding hydrogens is 284 g/mol. The molecule has 0 radical (unpaired) electrons. The number of carbonyl (C=O) groups excluding carboxylic acids is 1. The zero-order valence-electron chi connectivity index (χ0n) is 12.5. The van der Waals surface area contributed by atoms with Gasteiger partial charge in [0.1, 0.15) is 0 Å². The summed E-state index contributed by atoms with van der Waals surface area (Å²) in [6.07, 6.45) is 1.43. The van der Waals surface area contributed by atoms with Gasteiger partial charge in [0.2, 0.25) is 5.56 Å². The molecule has 0 bridgehead atoms. The largest absolute Gasteiger partial charge is 0.478 e. The molecule has 0 aliphatic carbocycles. The van der Waals surface area contributed by atoms with Gasteiger partial charge in [0.25, 0.3) is 5.91 Å². The van der Waals surface area contributed by atoms with Crippen LogP contribution in [0.15, 0.2) is 35.3 Å². The van der Waals surface area contributed by atoms with E-state index in [9.17, 15) is 14.4 Å². The normalized spacial score (nSPS) is 10.3. The molecule has 1 heterocycles. The molecule has 1 aromatic heterocycles. The van der Waals surface area contributed by atoms with Crippen molar-refractivity contribution in [3.8, 4) is 0 Å². The van der Waals surface area contributed by atoms with Gasteiger partial charge in [-0.05, 0) is 37.1 Å². The lowest BCUT2D eigenvalue weighted by Crippen LogP contribution is -2.20. The van der Waals surface area contributed by atoms with Crippen LogP contribution < -0.4 is 10.9 Å². The standard InChI is InChI=1S/C16H16N2O4/c1-9-6-10(2)13(7-12(9)16(21)22)17-15(20)11-4-5-14(19)18(3)8-11/h4-8H,1-3H3,(H,17,20)(H,21,22). The van der Waals surface area contributed by atoms with E-state index in [1.165, 1.54) is 29.0 Å². The first-order valence-electron chi connectivity index (χ1n) is 6.62. The van der Waals surface area contributed by atoms with E-state index >= 15 is 0 Å². The number of aryl methyl sites for hydroxylation is 3. The number of amides is 1. The second-order valence-corrected chi connectivity index (χ2v) is 5.11. The van der Waals surface area contributed by atoms with Crippen molar-refractivity contribution < 1.29 is 14.7 Å². The summed E-state index contributed by atoms with van der Waals surface area (Å²) < 4.78 is 1.31. The highest BCUT2D eigenvalue weighted by Gasteiger charge is 2.13. The molecule has 6 heteroatoms. The van der Waals surface area contributed by atoms with E-state index in [1.54, 1.807) is 27.0 Å². The van der Waals surface area contributed by atoms with Crippen LogP contribution in [0.4, 0.5) is 5.69 Å². The van der Waals surface area contributed by atoms with E-state index in [-0.39, 0.29) is 11.1 Å². The van der Waals surface area contributed by atoms with Crippen LogP contribution in [0.25, 0.3) is 0 Å². The van der Waals surface area contributed by atoms with Gasteiger partial charge < -0.3 is 15.0 Å². The Bertz CT molecular complexity index is 821. The molecule has 1 amide bonds. The van der Waals surface area contributed by atoms with Crippen molar-refractivity contribution in [3.63, 3.8) is 0 Å². The Morgan fingerprint density at radius 3 is 2.41 bits per heavy atom. The highest BCUT2D eigenvalue weighted by molar-refractivity contribution is 6.05. The van der Waals surface area contributed by atoms with E-state index < -0.39 is 11.9 Å². The van der Waals surface area contributed by atoms with Gasteiger partial charge in [-0.15, -0.1) is 0 Å². The fraction of sp³-hybridized carbons (Fsp3) is 0.188. The molecule has 0 fully saturated rings. The first-order chi connectivity index (χ1) is 10.3. The van der Waals surface area contributed by atoms with Crippen LogP contribution in [0, 0.1) is 13.8 Å². The van der Waals surface area contributed by atoms with Crippen LogP contribution in [0.3, 0.4) is 0 Å². The minimum absolute atomic E-state index is 0.140. The molecule has 0 aliphatic rings. The van der Waals surface area contributed by atoms with Crippen LogP contribution in [-0.4, -0.2) is 21.6 Å². The summed E-state index contributed by atoms with van der Waals surface area (Å²) in [5.41, 5.74) is 2.07. The third kappa shape index (κ3) is 3.06. The topological polar surface area (TPSA) is 88.4 Å². The number of nitrogens with zero attached hydrogens (tertiary/aromatic N) is 1. The predicted octanol–water partition coefficient (Wildman–Crippen LogP) is 1.95. The van der Waals surface area contributed by atoms with Crippen molar-refractivity contribution in [2.24, 2.45) is 7.05 Å². The monoisotopic (exact) mass is 300 g/mol. The predicted molar refractivity (Wildman–Crippen MR) is 82.5 cm³/mol. The lowest BCUT2D eigenvalue weighted by atomic mass is 10.0. The number of hydrogen-bond acceptors (Lipinski definition) is 3. The molecule has 0 spiro atoms. The van der Waals surface area contributed by atoms with Crippen LogP contribution in [0.5, 0.6) is 0 Å². The SMILES string of the molecule is Cc1cc(C)c(C(=O)O)cc1NC(=O)c1ccc(=O)n(C)c1. The number of benzene rings is 1. The second kappa shape index (κ2) is 5.85. The van der Waals surface area contributed by atoms with Crippen molar-refractivity contribution in [1.29, 1.82) is 0 Å². The highest BCUT2D eigenvalue weighted by Crippen LogP contribution is 2.21. The Morgan fingerprint density at radius 2 is 1.82 bits per heavy atom. The van der Waals surface area contributed by atoms with E-state index in [0.717, 1.165) is 5.56 Å². The zero-order chi connectivity index (χ0) is 16.4. The van der Waals surface area contributed by atoms with E-state index in [2.05, 4.69) is 5.32 Å². The molecule has 1 aromatic carbocycles. The first-order valence-corrected chi connectivity index (χ1v) is 6.62. The summed E-state index contributed by atoms with van der Waals surface area (Å²) in [5.74, 6) is -1.45. The van der Waals surface area contributed by atoms with Gasteiger partial charge in [-0.25, -0.2) is 4.79 Å². The summed E-state index contributed by atoms with van der Waals surface area (Å²) in [6.45, 7) is 3.49. The highest BCUT2D eigenvalue weighted by atomic mass is 16.4. The van der Waals surface area contributed by atoms with Gasteiger partial charge in [0, 0.05) is 25.0 Å². The molecule has 0 saturated heterocycles. The number of aromatic nitrogens is 1. The minimum Gasteiger partial charge on any atom is -0.478 e. The quantitative estimate of drug-likeness (QED) is 0.907. The molecule has 2 N–H and O–H groups in total. The smallest absolute Gasteiger partial charge is 0.336 e. The summed E-state index contributed by atoms with van der Waals surface area (Å²) in [7, 11) is 1.55. The van der Waals surface area contributed by atoms with Gasteiger partial charge in [-0.3, -0.25) is 9.59 Å². The number of carbonyl (C=O) groups is 2. The lowest BCUT2D eigenvalue weighted by molar-refractivity contribution is 0.0695. The number of hydrogen-bond donors (Lipinski definition) is 2. The number of aromatic carboxylic acids is 1. The van der Waals surface area contributed by atoms with Crippen LogP contribution in [-0.2, 0) is 7.05 Å². The molecule has 22 heavy (non-hydrogen) atoms. The van der Waals surface area contributed by atoms with Gasteiger partial charge >= 0.3 is 5.97 Å². The van der Waals surface area contributed by atoms with Crippen LogP contribution >= 0.6 is 0 Å². The van der Waals surface area contributed by atoms with Gasteiger partial charge in [-0.1, -0.05) is 6.07 Å². The maximum Gasteiger partial charge on any atom is 0.336 e. The Hall–Kier alpha value is -2.89. The molecule has 6 nitrogen and oxygen atoms in total. The minimum atomic E-state index is -1.05. The summed E-state index contributed by atoms with van der Waals surface area (Å²) in [4.78, 5) is 34.7. The molecule has 2 rings (SSSR count). The van der Waals surface area contributed by atoms with Crippen LogP contribution in [0.2, 0.25) is 0 Å². The number of pyridine rings is 1. The average Bonchev–Trinajstić information content (AvgIpc) is 2.44. The summed E-state index contributed by atoms with van der Waals surface area (Å²) in [6, 6.07) is 5.88. The Balaban J connectivity index is 2.35. The summed E-state index contributed by atoms with van der Waals surface area (Å²) in [5, 5.41) is 11.8. The van der Waals surface area contributed by atoms with Gasteiger partial charge in [0.05, 0.1) is 11.1 Å². The number of carboxylic acid groups (broad SMARTS) is 1. The fourth-order valence-corrected chi connectivity index (χ4v) is 2.14. The van der Waals surface area contributed by atoms with Crippen molar-refractivity contribution in [2.75, 3.05) is 5.32 Å². The Labute approximate surface area is 127 Å². The summed E-state index contributed by atoms with van der Waals surface area (Å²) >= 11 is 0. The van der Waals surface area contributed by atoms with Gasteiger partial charge in [0.15, 0.2) is 0 Å². The Kier molecular flexibility index (Phi) is 4.12. The van der Waals surface area contributed by atoms with E-state index in [4.69, 9.17) is 5.11 Å². The Morgan fingerprint density at radius 1 is 1.14 bits per heavy atom. The molecule has 0 atom stereocenters. The number of rotatable bonds is 3. The third-order valence-corrected chi connectivity index (χ3v) is 3.40. The number of nitrogens with one attached hydrogen (secondary N) is 1. The average molecular weight is 300 g/mol. The van der Waals surface area contributed by atoms with E-state index in [0.29, 0.717) is 16.8 Å². The second-order valence-electron chi connectivity index (χ2n) is 5.11. The molecule has 0 aliphatic heterocycles. The van der Waals surface area contributed by atoms with E-state index in [1.807, 2.05) is 0 Å². The van der Waals surface area contributed by atoms with Gasteiger partial charge in [-0.2, -0.15) is 0 Å². The molecule has 0 unspecified atom stereocenters. The number of anilines is 1. The van der Waals surface area contributed by atoms with Crippen molar-refractivity contribution >= 4 is 17.6 Å². The fourth-order valence-electron chi connectivity index (χ4n) is 2.14. The first kappa shape index (κ1) is 15.5. The maximum atomic E-state index is 12.2. The maximum absolute atomic E-state index is 12.2. The van der Waals surface area contributed by atoms with Crippen molar-refractivity contribution in [3.05, 3.63) is 63.1 Å². The lowest BCUT2D eigenvalue weighted by Gasteiger charge is -2.12. The molecular formula is C16H16N2O4. The molecule has 114 valence electrons. The molecule has 2 aromatic rings. The molecule has 0 saturated carbocycles. The van der Waals surface area contributed by atoms with Crippen LogP contribution in [0.1, 0.15) is 31.8 Å². The van der Waals surface area contributed by atoms with Crippen molar-refractivity contribution in [1.82, 2.24) is 4.57 Å².